The van der Waals surface area contributed by atoms with Crippen molar-refractivity contribution in [1.82, 2.24) is 0 Å². The lowest BCUT2D eigenvalue weighted by molar-refractivity contribution is 0.178. The molecule has 0 saturated carbocycles. The smallest absolute Gasteiger partial charge is 0.00438 e. The van der Waals surface area contributed by atoms with E-state index in [1.165, 1.54) is 6.42 Å². The predicted molar refractivity (Wildman–Crippen MR) is 66.3 cm³/mol. The van der Waals surface area contributed by atoms with Gasteiger partial charge in [-0.1, -0.05) is 58.9 Å². The Kier molecular flexibility index (Phi) is 2.22. The van der Waals surface area contributed by atoms with Gasteiger partial charge in [0.25, 0.3) is 0 Å². The van der Waals surface area contributed by atoms with Crippen molar-refractivity contribution in [3.05, 3.63) is 35.4 Å². The van der Waals surface area contributed by atoms with Gasteiger partial charge >= 0.3 is 0 Å². The molecule has 0 aliphatic heterocycles. The van der Waals surface area contributed by atoms with Crippen molar-refractivity contribution in [1.29, 1.82) is 0 Å². The maximum absolute atomic E-state index is 2.42. The second-order valence-electron chi connectivity index (χ2n) is 5.89. The lowest BCUT2D eigenvalue weighted by Gasteiger charge is -2.39. The average Bonchev–Trinajstić information content (AvgIpc) is 2.32. The zero-order chi connectivity index (χ0) is 11.3. The van der Waals surface area contributed by atoms with Crippen LogP contribution in [0.4, 0.5) is 0 Å². The van der Waals surface area contributed by atoms with E-state index in [9.17, 15) is 0 Å². The molecule has 0 nitrogen and oxygen atoms in total. The van der Waals surface area contributed by atoms with Crippen LogP contribution in [-0.4, -0.2) is 0 Å². The van der Waals surface area contributed by atoms with Gasteiger partial charge in [0.2, 0.25) is 0 Å². The van der Waals surface area contributed by atoms with Crippen LogP contribution < -0.4 is 0 Å². The number of benzene rings is 1. The van der Waals surface area contributed by atoms with Crippen molar-refractivity contribution in [2.24, 2.45) is 5.41 Å². The van der Waals surface area contributed by atoms with E-state index in [0.29, 0.717) is 16.7 Å². The molecule has 15 heavy (non-hydrogen) atoms. The van der Waals surface area contributed by atoms with Crippen molar-refractivity contribution in [3.8, 4) is 0 Å². The van der Waals surface area contributed by atoms with E-state index in [0.717, 1.165) is 0 Å². The summed E-state index contributed by atoms with van der Waals surface area (Å²) in [6.07, 6.45) is 1.24. The highest BCUT2D eigenvalue weighted by molar-refractivity contribution is 5.45. The highest BCUT2D eigenvalue weighted by Gasteiger charge is 2.50. The minimum Gasteiger partial charge on any atom is -0.0648 e. The summed E-state index contributed by atoms with van der Waals surface area (Å²) in [5.74, 6) is 0.712. The Labute approximate surface area is 93.7 Å². The fourth-order valence-corrected chi connectivity index (χ4v) is 3.27. The molecular formula is C15H22. The maximum atomic E-state index is 2.42. The third-order valence-corrected chi connectivity index (χ3v) is 4.90. The van der Waals surface area contributed by atoms with Gasteiger partial charge in [-0.15, -0.1) is 0 Å². The molecule has 0 amide bonds. The molecule has 0 heteroatoms. The van der Waals surface area contributed by atoms with E-state index in [-0.39, 0.29) is 0 Å². The summed E-state index contributed by atoms with van der Waals surface area (Å²) >= 11 is 0. The molecule has 1 aliphatic rings. The normalized spacial score (nSPS) is 26.3. The average molecular weight is 202 g/mol. The van der Waals surface area contributed by atoms with Crippen molar-refractivity contribution >= 4 is 0 Å². The van der Waals surface area contributed by atoms with Crippen LogP contribution in [0.15, 0.2) is 24.3 Å². The molecule has 1 aromatic rings. The number of hydrogen-bond donors (Lipinski definition) is 0. The van der Waals surface area contributed by atoms with Crippen molar-refractivity contribution in [2.45, 2.75) is 52.4 Å². The van der Waals surface area contributed by atoms with Crippen LogP contribution in [0.5, 0.6) is 0 Å². The minimum atomic E-state index is 0.296. The molecule has 1 atom stereocenters. The van der Waals surface area contributed by atoms with Gasteiger partial charge in [-0.25, -0.2) is 0 Å². The molecule has 1 aliphatic carbocycles. The van der Waals surface area contributed by atoms with E-state index in [1.807, 2.05) is 0 Å². The number of rotatable bonds is 1. The van der Waals surface area contributed by atoms with Gasteiger partial charge in [0, 0.05) is 0 Å². The van der Waals surface area contributed by atoms with Gasteiger partial charge in [-0.2, -0.15) is 0 Å². The molecule has 0 bridgehead atoms. The molecule has 1 unspecified atom stereocenters. The zero-order valence-corrected chi connectivity index (χ0v) is 10.6. The molecule has 2 rings (SSSR count). The van der Waals surface area contributed by atoms with Gasteiger partial charge in [-0.3, -0.25) is 0 Å². The fourth-order valence-electron chi connectivity index (χ4n) is 3.27. The topological polar surface area (TPSA) is 0 Å². The Hall–Kier alpha value is -0.780. The van der Waals surface area contributed by atoms with Crippen molar-refractivity contribution in [3.63, 3.8) is 0 Å². The Bertz CT molecular complexity index is 371. The second-order valence-corrected chi connectivity index (χ2v) is 5.89. The van der Waals surface area contributed by atoms with Crippen LogP contribution in [0, 0.1) is 5.41 Å². The largest absolute Gasteiger partial charge is 0.0648 e. The first-order chi connectivity index (χ1) is 6.93. The molecule has 0 heterocycles. The monoisotopic (exact) mass is 202 g/mol. The summed E-state index contributed by atoms with van der Waals surface area (Å²) in [7, 11) is 0. The Balaban J connectivity index is 2.65. The standard InChI is InChI=1S/C15H22/c1-6-12-11-9-7-8-10-13(11)15(4,5)14(12,2)3/h7-10,12H,6H2,1-5H3. The minimum absolute atomic E-state index is 0.296. The Morgan fingerprint density at radius 2 is 1.67 bits per heavy atom. The van der Waals surface area contributed by atoms with Gasteiger partial charge in [-0.05, 0) is 34.3 Å². The summed E-state index contributed by atoms with van der Waals surface area (Å²) in [5.41, 5.74) is 3.80. The third-order valence-electron chi connectivity index (χ3n) is 4.90. The quantitative estimate of drug-likeness (QED) is 0.629. The van der Waals surface area contributed by atoms with Crippen LogP contribution in [-0.2, 0) is 5.41 Å². The molecule has 82 valence electrons. The summed E-state index contributed by atoms with van der Waals surface area (Å²) in [6, 6.07) is 8.99. The highest BCUT2D eigenvalue weighted by Crippen LogP contribution is 2.59. The summed E-state index contributed by atoms with van der Waals surface area (Å²) in [5, 5.41) is 0. The van der Waals surface area contributed by atoms with Crippen LogP contribution in [0.3, 0.4) is 0 Å². The van der Waals surface area contributed by atoms with Crippen molar-refractivity contribution in [2.75, 3.05) is 0 Å². The van der Waals surface area contributed by atoms with E-state index in [4.69, 9.17) is 0 Å². The molecular weight excluding hydrogens is 180 g/mol. The van der Waals surface area contributed by atoms with E-state index in [2.05, 4.69) is 58.9 Å². The predicted octanol–water partition coefficient (Wildman–Crippen LogP) is 4.50. The zero-order valence-electron chi connectivity index (χ0n) is 10.6. The van der Waals surface area contributed by atoms with Crippen molar-refractivity contribution < 1.29 is 0 Å². The molecule has 1 aromatic carbocycles. The SMILES string of the molecule is CCC1c2ccccc2C(C)(C)C1(C)C. The first-order valence-corrected chi connectivity index (χ1v) is 6.02. The summed E-state index contributed by atoms with van der Waals surface area (Å²) < 4.78 is 0. The first kappa shape index (κ1) is 10.7. The van der Waals surface area contributed by atoms with Gasteiger partial charge in [0.15, 0.2) is 0 Å². The maximum Gasteiger partial charge on any atom is -0.00438 e. The summed E-state index contributed by atoms with van der Waals surface area (Å²) in [4.78, 5) is 0. The van der Waals surface area contributed by atoms with Crippen LogP contribution >= 0.6 is 0 Å². The van der Waals surface area contributed by atoms with E-state index >= 15 is 0 Å². The number of hydrogen-bond acceptors (Lipinski definition) is 0. The lowest BCUT2D eigenvalue weighted by atomic mass is 9.64. The van der Waals surface area contributed by atoms with Crippen LogP contribution in [0.25, 0.3) is 0 Å². The first-order valence-electron chi connectivity index (χ1n) is 6.02. The molecule has 0 aromatic heterocycles. The van der Waals surface area contributed by atoms with E-state index in [1.54, 1.807) is 11.1 Å². The van der Waals surface area contributed by atoms with E-state index < -0.39 is 0 Å². The molecule has 0 radical (unpaired) electrons. The Morgan fingerprint density at radius 1 is 1.07 bits per heavy atom. The van der Waals surface area contributed by atoms with Gasteiger partial charge in [0.05, 0.1) is 0 Å². The highest BCUT2D eigenvalue weighted by atomic mass is 14.5. The van der Waals surface area contributed by atoms with Gasteiger partial charge < -0.3 is 0 Å². The summed E-state index contributed by atoms with van der Waals surface area (Å²) in [6.45, 7) is 11.9. The Morgan fingerprint density at radius 3 is 2.27 bits per heavy atom. The van der Waals surface area contributed by atoms with Gasteiger partial charge in [0.1, 0.15) is 0 Å². The second kappa shape index (κ2) is 3.10. The third kappa shape index (κ3) is 1.20. The molecule has 0 saturated heterocycles. The lowest BCUT2D eigenvalue weighted by Crippen LogP contribution is -2.34. The van der Waals surface area contributed by atoms with Crippen LogP contribution in [0.2, 0.25) is 0 Å². The fraction of sp³-hybridized carbons (Fsp3) is 0.600. The molecule has 0 fully saturated rings. The van der Waals surface area contributed by atoms with Crippen LogP contribution in [0.1, 0.15) is 58.1 Å². The molecule has 0 N–H and O–H groups in total. The number of fused-ring (bicyclic) bond motifs is 1. The molecule has 0 spiro atoms.